The minimum atomic E-state index is -0.209. The molecule has 0 radical (unpaired) electrons. The molecule has 0 saturated carbocycles. The molecule has 0 saturated heterocycles. The molecule has 1 aromatic rings. The Morgan fingerprint density at radius 1 is 1.45 bits per heavy atom. The van der Waals surface area contributed by atoms with Crippen molar-refractivity contribution in [2.45, 2.75) is 13.8 Å². The van der Waals surface area contributed by atoms with E-state index in [9.17, 15) is 9.59 Å². The Morgan fingerprint density at radius 2 is 2.20 bits per heavy atom. The van der Waals surface area contributed by atoms with Crippen molar-refractivity contribution in [3.63, 3.8) is 0 Å². The average molecular weight is 294 g/mol. The second kappa shape index (κ2) is 8.35. The molecule has 0 atom stereocenters. The van der Waals surface area contributed by atoms with E-state index in [1.165, 1.54) is 16.2 Å². The zero-order valence-corrected chi connectivity index (χ0v) is 12.4. The minimum Gasteiger partial charge on any atom is -0.384 e. The molecule has 0 unspecified atom stereocenters. The number of carbonyl (C=O) groups excluding carboxylic acids is 2. The monoisotopic (exact) mass is 294 g/mol. The highest BCUT2D eigenvalue weighted by Gasteiger charge is 2.18. The lowest BCUT2D eigenvalue weighted by molar-refractivity contribution is -0.121. The Bertz CT molecular complexity index is 528. The number of rotatable bonds is 5. The second-order valence-corrected chi connectivity index (χ2v) is 4.84. The van der Waals surface area contributed by atoms with Gasteiger partial charge in [0, 0.05) is 18.5 Å². The molecule has 0 bridgehead atoms. The van der Waals surface area contributed by atoms with Crippen molar-refractivity contribution >= 4 is 23.2 Å². The van der Waals surface area contributed by atoms with Crippen LogP contribution < -0.4 is 5.32 Å². The van der Waals surface area contributed by atoms with E-state index in [0.29, 0.717) is 18.7 Å². The molecule has 0 aliphatic rings. The van der Waals surface area contributed by atoms with Gasteiger partial charge in [0.15, 0.2) is 0 Å². The standard InChI is InChI=1S/C14H18N2O3S/c1-3-15-13(18)9-16(4-2)14(19)11-8-12(20-10-11)6-5-7-17/h8,10,17H,3-4,7,9H2,1-2H3,(H,15,18). The van der Waals surface area contributed by atoms with Gasteiger partial charge in [-0.1, -0.05) is 11.8 Å². The quantitative estimate of drug-likeness (QED) is 0.785. The third-order valence-corrected chi connectivity index (χ3v) is 3.36. The molecular weight excluding hydrogens is 276 g/mol. The number of aliphatic hydroxyl groups excluding tert-OH is 1. The van der Waals surface area contributed by atoms with Crippen LogP contribution in [0.5, 0.6) is 0 Å². The van der Waals surface area contributed by atoms with E-state index >= 15 is 0 Å². The van der Waals surface area contributed by atoms with Gasteiger partial charge in [0.25, 0.3) is 5.91 Å². The van der Waals surface area contributed by atoms with Gasteiger partial charge >= 0.3 is 0 Å². The summed E-state index contributed by atoms with van der Waals surface area (Å²) in [5, 5.41) is 13.0. The predicted molar refractivity (Wildman–Crippen MR) is 78.5 cm³/mol. The van der Waals surface area contributed by atoms with Gasteiger partial charge in [-0.2, -0.15) is 0 Å². The number of carbonyl (C=O) groups is 2. The summed E-state index contributed by atoms with van der Waals surface area (Å²) >= 11 is 1.34. The maximum atomic E-state index is 12.3. The summed E-state index contributed by atoms with van der Waals surface area (Å²) in [5.41, 5.74) is 0.517. The van der Waals surface area contributed by atoms with Crippen molar-refractivity contribution in [3.05, 3.63) is 21.9 Å². The lowest BCUT2D eigenvalue weighted by atomic mass is 10.2. The van der Waals surface area contributed by atoms with Gasteiger partial charge in [-0.25, -0.2) is 0 Å². The first-order valence-electron chi connectivity index (χ1n) is 6.36. The van der Waals surface area contributed by atoms with Crippen LogP contribution in [0.3, 0.4) is 0 Å². The van der Waals surface area contributed by atoms with Gasteiger partial charge in [0.2, 0.25) is 5.91 Å². The molecule has 20 heavy (non-hydrogen) atoms. The summed E-state index contributed by atoms with van der Waals surface area (Å²) < 4.78 is 0. The lowest BCUT2D eigenvalue weighted by Gasteiger charge is -2.19. The zero-order valence-electron chi connectivity index (χ0n) is 11.6. The molecule has 0 aliphatic heterocycles. The van der Waals surface area contributed by atoms with E-state index in [-0.39, 0.29) is 25.0 Å². The van der Waals surface area contributed by atoms with E-state index < -0.39 is 0 Å². The molecule has 0 aromatic carbocycles. The zero-order chi connectivity index (χ0) is 15.0. The van der Waals surface area contributed by atoms with Gasteiger partial charge < -0.3 is 15.3 Å². The predicted octanol–water partition coefficient (Wildman–Crippen LogP) is 0.690. The summed E-state index contributed by atoms with van der Waals surface area (Å²) in [7, 11) is 0. The first-order chi connectivity index (χ1) is 9.62. The van der Waals surface area contributed by atoms with Gasteiger partial charge in [-0.3, -0.25) is 9.59 Å². The number of nitrogens with one attached hydrogen (secondary N) is 1. The van der Waals surface area contributed by atoms with Crippen LogP contribution in [-0.4, -0.2) is 48.1 Å². The normalized spacial score (nSPS) is 9.55. The Kier molecular flexibility index (Phi) is 6.77. The van der Waals surface area contributed by atoms with Crippen LogP contribution in [0.25, 0.3) is 0 Å². The molecule has 2 N–H and O–H groups in total. The summed E-state index contributed by atoms with van der Waals surface area (Å²) in [6, 6.07) is 1.68. The van der Waals surface area contributed by atoms with Crippen LogP contribution in [0.4, 0.5) is 0 Å². The third kappa shape index (κ3) is 4.68. The van der Waals surface area contributed by atoms with Crippen molar-refractivity contribution in [3.8, 4) is 11.8 Å². The van der Waals surface area contributed by atoms with E-state index in [4.69, 9.17) is 5.11 Å². The van der Waals surface area contributed by atoms with Crippen LogP contribution in [0.2, 0.25) is 0 Å². The van der Waals surface area contributed by atoms with E-state index in [2.05, 4.69) is 17.2 Å². The van der Waals surface area contributed by atoms with Gasteiger partial charge in [-0.15, -0.1) is 11.3 Å². The number of amides is 2. The molecule has 6 heteroatoms. The number of aliphatic hydroxyl groups is 1. The SMILES string of the molecule is CCNC(=O)CN(CC)C(=O)c1csc(C#CCO)c1. The summed E-state index contributed by atoms with van der Waals surface area (Å²) in [4.78, 5) is 26.0. The lowest BCUT2D eigenvalue weighted by Crippen LogP contribution is -2.40. The highest BCUT2D eigenvalue weighted by molar-refractivity contribution is 7.10. The number of hydrogen-bond donors (Lipinski definition) is 2. The fourth-order valence-corrected chi connectivity index (χ4v) is 2.33. The number of hydrogen-bond acceptors (Lipinski definition) is 4. The third-order valence-electron chi connectivity index (χ3n) is 2.51. The van der Waals surface area contributed by atoms with Crippen LogP contribution in [0.1, 0.15) is 29.1 Å². The van der Waals surface area contributed by atoms with Crippen LogP contribution in [-0.2, 0) is 4.79 Å². The summed E-state index contributed by atoms with van der Waals surface area (Å²) in [6.45, 7) is 4.51. The first-order valence-corrected chi connectivity index (χ1v) is 7.24. The molecular formula is C14H18N2O3S. The molecule has 1 heterocycles. The van der Waals surface area contributed by atoms with Gasteiger partial charge in [0.1, 0.15) is 6.61 Å². The van der Waals surface area contributed by atoms with Crippen LogP contribution in [0, 0.1) is 11.8 Å². The van der Waals surface area contributed by atoms with Crippen molar-refractivity contribution in [1.29, 1.82) is 0 Å². The number of likely N-dealkylation sites (N-methyl/N-ethyl adjacent to an activating group) is 2. The molecule has 1 rings (SSSR count). The molecule has 2 amide bonds. The largest absolute Gasteiger partial charge is 0.384 e. The fourth-order valence-electron chi connectivity index (χ4n) is 1.58. The number of thiophene rings is 1. The summed E-state index contributed by atoms with van der Waals surface area (Å²) in [6.07, 6.45) is 0. The van der Waals surface area contributed by atoms with Crippen molar-refractivity contribution in [1.82, 2.24) is 10.2 Å². The number of nitrogens with zero attached hydrogens (tertiary/aromatic N) is 1. The highest BCUT2D eigenvalue weighted by Crippen LogP contribution is 2.15. The van der Waals surface area contributed by atoms with Crippen molar-refractivity contribution < 1.29 is 14.7 Å². The maximum Gasteiger partial charge on any atom is 0.255 e. The molecule has 108 valence electrons. The molecule has 5 nitrogen and oxygen atoms in total. The Hall–Kier alpha value is -1.84. The molecule has 0 spiro atoms. The molecule has 0 fully saturated rings. The molecule has 0 aliphatic carbocycles. The smallest absolute Gasteiger partial charge is 0.255 e. The second-order valence-electron chi connectivity index (χ2n) is 3.93. The highest BCUT2D eigenvalue weighted by atomic mass is 32.1. The summed E-state index contributed by atoms with van der Waals surface area (Å²) in [5.74, 6) is 4.94. The van der Waals surface area contributed by atoms with Crippen LogP contribution in [0.15, 0.2) is 11.4 Å². The topological polar surface area (TPSA) is 69.6 Å². The maximum absolute atomic E-state index is 12.3. The van der Waals surface area contributed by atoms with E-state index in [1.807, 2.05) is 13.8 Å². The van der Waals surface area contributed by atoms with Crippen LogP contribution >= 0.6 is 11.3 Å². The first kappa shape index (κ1) is 16.2. The van der Waals surface area contributed by atoms with Crippen molar-refractivity contribution in [2.75, 3.05) is 26.2 Å². The minimum absolute atomic E-state index is 0.0523. The Labute approximate surface area is 122 Å². The van der Waals surface area contributed by atoms with Gasteiger partial charge in [-0.05, 0) is 19.9 Å². The van der Waals surface area contributed by atoms with Crippen molar-refractivity contribution in [2.24, 2.45) is 0 Å². The van der Waals surface area contributed by atoms with E-state index in [0.717, 1.165) is 4.88 Å². The fraction of sp³-hybridized carbons (Fsp3) is 0.429. The van der Waals surface area contributed by atoms with E-state index in [1.54, 1.807) is 11.4 Å². The average Bonchev–Trinajstić information content (AvgIpc) is 2.91. The van der Waals surface area contributed by atoms with Gasteiger partial charge in [0.05, 0.1) is 17.0 Å². The Morgan fingerprint density at radius 3 is 2.80 bits per heavy atom. The Balaban J connectivity index is 2.75. The molecule has 1 aromatic heterocycles.